The van der Waals surface area contributed by atoms with E-state index >= 15 is 4.39 Å². The molecule has 3 heterocycles. The summed E-state index contributed by atoms with van der Waals surface area (Å²) < 4.78 is 60.1. The number of anilines is 1. The van der Waals surface area contributed by atoms with Gasteiger partial charge in [-0.05, 0) is 24.3 Å². The van der Waals surface area contributed by atoms with Crippen LogP contribution in [0.4, 0.5) is 28.0 Å². The van der Waals surface area contributed by atoms with Gasteiger partial charge in [-0.15, -0.1) is 0 Å². The Morgan fingerprint density at radius 3 is 2.44 bits per heavy atom. The second-order valence-electron chi connectivity index (χ2n) is 8.98. The summed E-state index contributed by atoms with van der Waals surface area (Å²) in [6, 6.07) is 9.90. The van der Waals surface area contributed by atoms with Gasteiger partial charge in [0.05, 0.1) is 31.5 Å². The number of carbonyl (C=O) groups excluding carboxylic acids is 1. The molecule has 0 spiro atoms. The van der Waals surface area contributed by atoms with Crippen molar-refractivity contribution >= 4 is 23.1 Å². The second kappa shape index (κ2) is 10.4. The van der Waals surface area contributed by atoms with Gasteiger partial charge in [0.1, 0.15) is 17.3 Å². The number of nitrogens with zero attached hydrogens (tertiary/aromatic N) is 5. The van der Waals surface area contributed by atoms with Crippen LogP contribution < -0.4 is 4.90 Å². The van der Waals surface area contributed by atoms with E-state index in [1.807, 2.05) is 0 Å². The molecule has 2 aromatic rings. The maximum atomic E-state index is 15.1. The van der Waals surface area contributed by atoms with Crippen molar-refractivity contribution in [3.8, 4) is 0 Å². The number of hydrogen-bond donors (Lipinski definition) is 0. The minimum Gasteiger partial charge on any atom is -0.378 e. The fourth-order valence-electron chi connectivity index (χ4n) is 4.47. The first-order valence-electron chi connectivity index (χ1n) is 11.7. The highest BCUT2D eigenvalue weighted by Crippen LogP contribution is 2.24. The number of hydrogen-bond acceptors (Lipinski definition) is 5. The Morgan fingerprint density at radius 2 is 1.83 bits per heavy atom. The van der Waals surface area contributed by atoms with Gasteiger partial charge in [-0.2, -0.15) is 10.2 Å². The van der Waals surface area contributed by atoms with E-state index in [2.05, 4.69) is 15.1 Å². The topological polar surface area (TPSA) is 60.7 Å². The number of urea groups is 1. The SMILES string of the molecule is O=C(N1CCN(C2COC2)CC1)N(Cc1ccc(C2=NN=C(C(F)F)C2)cc1F)c1cccc(F)c1. The molecule has 3 aliphatic rings. The van der Waals surface area contributed by atoms with Crippen molar-refractivity contribution in [3.63, 3.8) is 0 Å². The lowest BCUT2D eigenvalue weighted by atomic mass is 10.0. The van der Waals surface area contributed by atoms with Crippen molar-refractivity contribution in [2.24, 2.45) is 10.2 Å². The van der Waals surface area contributed by atoms with Crippen LogP contribution in [0.1, 0.15) is 17.5 Å². The number of carbonyl (C=O) groups is 1. The lowest BCUT2D eigenvalue weighted by Gasteiger charge is -2.43. The van der Waals surface area contributed by atoms with Gasteiger partial charge in [-0.3, -0.25) is 9.80 Å². The van der Waals surface area contributed by atoms with E-state index in [0.29, 0.717) is 56.7 Å². The molecule has 0 unspecified atom stereocenters. The zero-order valence-electron chi connectivity index (χ0n) is 19.4. The molecule has 11 heteroatoms. The third kappa shape index (κ3) is 5.12. The van der Waals surface area contributed by atoms with Crippen LogP contribution in [-0.4, -0.2) is 79.1 Å². The zero-order chi connectivity index (χ0) is 25.2. The van der Waals surface area contributed by atoms with Gasteiger partial charge in [0.15, 0.2) is 0 Å². The Kier molecular flexibility index (Phi) is 7.01. The number of halogens is 4. The molecule has 2 amide bonds. The number of ether oxygens (including phenoxy) is 1. The predicted molar refractivity (Wildman–Crippen MR) is 127 cm³/mol. The zero-order valence-corrected chi connectivity index (χ0v) is 19.4. The summed E-state index contributed by atoms with van der Waals surface area (Å²) in [7, 11) is 0. The molecule has 0 atom stereocenters. The van der Waals surface area contributed by atoms with Crippen molar-refractivity contribution in [3.05, 3.63) is 65.2 Å². The van der Waals surface area contributed by atoms with Crippen LogP contribution in [-0.2, 0) is 11.3 Å². The van der Waals surface area contributed by atoms with E-state index in [1.54, 1.807) is 17.0 Å². The molecule has 0 radical (unpaired) electrons. The standard InChI is InChI=1S/C25H25F4N5O2/c26-18-2-1-3-19(11-18)34(25(35)33-8-6-32(7-9-33)20-14-36-15-20)13-17-5-4-16(10-21(17)27)22-12-23(24(28)29)31-30-22/h1-5,10-11,20,24H,6-9,12-15H2. The van der Waals surface area contributed by atoms with Gasteiger partial charge in [0.25, 0.3) is 6.43 Å². The van der Waals surface area contributed by atoms with Crippen molar-refractivity contribution < 1.29 is 27.1 Å². The first kappa shape index (κ1) is 24.4. The van der Waals surface area contributed by atoms with Crippen molar-refractivity contribution in [1.82, 2.24) is 9.80 Å². The van der Waals surface area contributed by atoms with Crippen LogP contribution in [0.25, 0.3) is 0 Å². The van der Waals surface area contributed by atoms with Gasteiger partial charge in [0.2, 0.25) is 0 Å². The van der Waals surface area contributed by atoms with Crippen molar-refractivity contribution in [1.29, 1.82) is 0 Å². The highest BCUT2D eigenvalue weighted by molar-refractivity contribution is 6.15. The van der Waals surface area contributed by atoms with Crippen molar-refractivity contribution in [2.75, 3.05) is 44.3 Å². The second-order valence-corrected chi connectivity index (χ2v) is 8.98. The summed E-state index contributed by atoms with van der Waals surface area (Å²) in [6.07, 6.45) is -2.87. The molecule has 36 heavy (non-hydrogen) atoms. The number of amides is 2. The van der Waals surface area contributed by atoms with Gasteiger partial charge >= 0.3 is 6.03 Å². The molecule has 0 N–H and O–H groups in total. The predicted octanol–water partition coefficient (Wildman–Crippen LogP) is 3.92. The van der Waals surface area contributed by atoms with Crippen LogP contribution in [0.2, 0.25) is 0 Å². The van der Waals surface area contributed by atoms with Gasteiger partial charge in [-0.25, -0.2) is 22.4 Å². The Bertz CT molecular complexity index is 1190. The van der Waals surface area contributed by atoms with Gasteiger partial charge < -0.3 is 9.64 Å². The Balaban J connectivity index is 1.33. The van der Waals surface area contributed by atoms with Gasteiger partial charge in [-0.1, -0.05) is 18.2 Å². The minimum absolute atomic E-state index is 0.129. The van der Waals surface area contributed by atoms with Crippen LogP contribution in [0.5, 0.6) is 0 Å². The number of benzene rings is 2. The first-order chi connectivity index (χ1) is 17.4. The smallest absolute Gasteiger partial charge is 0.324 e. The average molecular weight is 504 g/mol. The summed E-state index contributed by atoms with van der Waals surface area (Å²) in [5.74, 6) is -1.13. The molecular weight excluding hydrogens is 478 g/mol. The number of alkyl halides is 2. The Hall–Kier alpha value is -3.31. The molecule has 190 valence electrons. The summed E-state index contributed by atoms with van der Waals surface area (Å²) in [5.41, 5.74) is 0.755. The first-order valence-corrected chi connectivity index (χ1v) is 11.7. The van der Waals surface area contributed by atoms with Crippen LogP contribution in [0.15, 0.2) is 52.7 Å². The maximum absolute atomic E-state index is 15.1. The lowest BCUT2D eigenvalue weighted by molar-refractivity contribution is -0.0738. The van der Waals surface area contributed by atoms with E-state index in [0.717, 1.165) is 0 Å². The van der Waals surface area contributed by atoms with E-state index in [1.165, 1.54) is 35.2 Å². The molecule has 2 aromatic carbocycles. The molecule has 7 nitrogen and oxygen atoms in total. The average Bonchev–Trinajstić information content (AvgIpc) is 3.33. The minimum atomic E-state index is -2.72. The summed E-state index contributed by atoms with van der Waals surface area (Å²) in [5, 5.41) is 7.22. The fraction of sp³-hybridized carbons (Fsp3) is 0.400. The molecular formula is C25H25F4N5O2. The van der Waals surface area contributed by atoms with Crippen molar-refractivity contribution in [2.45, 2.75) is 25.4 Å². The number of piperazine rings is 1. The third-order valence-electron chi connectivity index (χ3n) is 6.69. The maximum Gasteiger partial charge on any atom is 0.324 e. The molecule has 0 saturated carbocycles. The molecule has 3 aliphatic heterocycles. The van der Waals surface area contributed by atoms with Gasteiger partial charge in [0, 0.05) is 49.4 Å². The molecule has 2 fully saturated rings. The molecule has 2 saturated heterocycles. The Morgan fingerprint density at radius 1 is 1.06 bits per heavy atom. The molecule has 0 bridgehead atoms. The summed E-state index contributed by atoms with van der Waals surface area (Å²) in [6.45, 7) is 3.65. The van der Waals surface area contributed by atoms with E-state index in [9.17, 15) is 18.0 Å². The van der Waals surface area contributed by atoms with Crippen LogP contribution in [0.3, 0.4) is 0 Å². The summed E-state index contributed by atoms with van der Waals surface area (Å²) >= 11 is 0. The summed E-state index contributed by atoms with van der Waals surface area (Å²) in [4.78, 5) is 18.8. The fourth-order valence-corrected chi connectivity index (χ4v) is 4.47. The molecule has 0 aromatic heterocycles. The molecule has 5 rings (SSSR count). The highest BCUT2D eigenvalue weighted by Gasteiger charge is 2.32. The normalized spacial score (nSPS) is 18.8. The van der Waals surface area contributed by atoms with E-state index in [4.69, 9.17) is 4.74 Å². The van der Waals surface area contributed by atoms with Crippen LogP contribution in [0, 0.1) is 11.6 Å². The number of rotatable bonds is 6. The van der Waals surface area contributed by atoms with E-state index in [-0.39, 0.29) is 36.0 Å². The lowest BCUT2D eigenvalue weighted by Crippen LogP contribution is -2.59. The Labute approximate surface area is 205 Å². The third-order valence-corrected chi connectivity index (χ3v) is 6.69. The molecule has 0 aliphatic carbocycles. The van der Waals surface area contributed by atoms with E-state index < -0.39 is 18.1 Å². The monoisotopic (exact) mass is 503 g/mol. The highest BCUT2D eigenvalue weighted by atomic mass is 19.3. The largest absolute Gasteiger partial charge is 0.378 e. The van der Waals surface area contributed by atoms with Crippen LogP contribution >= 0.6 is 0 Å². The quantitative estimate of drug-likeness (QED) is 0.562.